The molecule has 0 aromatic carbocycles. The normalized spacial score (nSPS) is 19.7. The molecule has 4 aromatic rings. The number of amides is 1. The molecule has 1 amide bonds. The van der Waals surface area contributed by atoms with Gasteiger partial charge in [-0.05, 0) is 58.1 Å². The highest BCUT2D eigenvalue weighted by molar-refractivity contribution is 5.85. The smallest absolute Gasteiger partial charge is 0.240 e. The zero-order valence-corrected chi connectivity index (χ0v) is 21.9. The summed E-state index contributed by atoms with van der Waals surface area (Å²) in [5, 5.41) is 27.2. The number of rotatable bonds is 7. The maximum absolute atomic E-state index is 13.3. The molecule has 12 heteroatoms. The van der Waals surface area contributed by atoms with Gasteiger partial charge in [-0.3, -0.25) is 9.89 Å². The molecule has 1 aliphatic carbocycles. The van der Waals surface area contributed by atoms with Crippen molar-refractivity contribution in [2.45, 2.75) is 58.4 Å². The monoisotopic (exact) mass is 528 g/mol. The van der Waals surface area contributed by atoms with Crippen LogP contribution in [0.15, 0.2) is 42.9 Å². The number of carbonyl (C=O) groups is 1. The number of nitrogens with one attached hydrogen (secondary N) is 3. The predicted octanol–water partition coefficient (Wildman–Crippen LogP) is 4.32. The molecule has 0 bridgehead atoms. The van der Waals surface area contributed by atoms with Crippen molar-refractivity contribution in [3.63, 3.8) is 0 Å². The van der Waals surface area contributed by atoms with E-state index in [-0.39, 0.29) is 17.9 Å². The van der Waals surface area contributed by atoms with Gasteiger partial charge in [-0.15, -0.1) is 0 Å². The molecule has 0 radical (unpaired) electrons. The van der Waals surface area contributed by atoms with Crippen LogP contribution in [0.5, 0.6) is 0 Å². The summed E-state index contributed by atoms with van der Waals surface area (Å²) in [6, 6.07) is 9.19. The molecule has 0 aliphatic heterocycles. The lowest BCUT2D eigenvalue weighted by Gasteiger charge is -2.34. The van der Waals surface area contributed by atoms with Gasteiger partial charge < -0.3 is 10.6 Å². The average Bonchev–Trinajstić information content (AvgIpc) is 3.55. The number of hydrogen-bond donors (Lipinski definition) is 3. The van der Waals surface area contributed by atoms with E-state index >= 15 is 0 Å². The van der Waals surface area contributed by atoms with Gasteiger partial charge in [-0.25, -0.2) is 24.0 Å². The van der Waals surface area contributed by atoms with E-state index < -0.39 is 11.2 Å². The van der Waals surface area contributed by atoms with Crippen molar-refractivity contribution < 1.29 is 9.18 Å². The Labute approximate surface area is 224 Å². The lowest BCUT2D eigenvalue weighted by molar-refractivity contribution is -0.130. The molecular weight excluding hydrogens is 499 g/mol. The largest absolute Gasteiger partial charge is 0.348 e. The molecule has 0 unspecified atom stereocenters. The molecule has 39 heavy (non-hydrogen) atoms. The Kier molecular flexibility index (Phi) is 7.06. The van der Waals surface area contributed by atoms with Gasteiger partial charge in [-0.2, -0.15) is 15.5 Å². The van der Waals surface area contributed by atoms with Crippen molar-refractivity contribution in [3.05, 3.63) is 71.4 Å². The summed E-state index contributed by atoms with van der Waals surface area (Å²) < 4.78 is 14.6. The molecule has 4 heterocycles. The average molecular weight is 529 g/mol. The Balaban J connectivity index is 1.22. The van der Waals surface area contributed by atoms with E-state index in [0.717, 1.165) is 23.1 Å². The Bertz CT molecular complexity index is 1510. The van der Waals surface area contributed by atoms with Gasteiger partial charge in [0.05, 0.1) is 24.5 Å². The number of anilines is 2. The molecule has 1 atom stereocenters. The van der Waals surface area contributed by atoms with E-state index in [1.165, 1.54) is 10.9 Å². The molecule has 0 spiro atoms. The lowest BCUT2D eigenvalue weighted by atomic mass is 9.70. The molecule has 4 aromatic heterocycles. The Morgan fingerprint density at radius 1 is 1.21 bits per heavy atom. The number of halogens is 1. The van der Waals surface area contributed by atoms with Crippen LogP contribution in [-0.2, 0) is 4.79 Å². The van der Waals surface area contributed by atoms with Crippen LogP contribution < -0.4 is 10.6 Å². The fraction of sp³-hybridized carbons (Fsp3) is 0.370. The molecular formula is C27H29FN10O. The number of aromatic nitrogens is 7. The van der Waals surface area contributed by atoms with E-state index in [9.17, 15) is 14.4 Å². The number of pyridine rings is 1. The third kappa shape index (κ3) is 5.62. The van der Waals surface area contributed by atoms with E-state index in [1.54, 1.807) is 18.3 Å². The maximum Gasteiger partial charge on any atom is 0.240 e. The van der Waals surface area contributed by atoms with Crippen LogP contribution in [0.1, 0.15) is 67.3 Å². The Morgan fingerprint density at radius 2 is 2.00 bits per heavy atom. The first-order valence-corrected chi connectivity index (χ1v) is 12.8. The summed E-state index contributed by atoms with van der Waals surface area (Å²) in [4.78, 5) is 27.0. The van der Waals surface area contributed by atoms with Crippen LogP contribution >= 0.6 is 0 Å². The van der Waals surface area contributed by atoms with Crippen LogP contribution in [-0.4, -0.2) is 40.8 Å². The molecule has 1 fully saturated rings. The lowest BCUT2D eigenvalue weighted by Crippen LogP contribution is -2.43. The molecule has 1 saturated carbocycles. The molecule has 0 saturated heterocycles. The number of carbonyl (C=O) groups excluding carboxylic acids is 1. The quantitative estimate of drug-likeness (QED) is 0.321. The van der Waals surface area contributed by atoms with Gasteiger partial charge in [0.2, 0.25) is 5.91 Å². The van der Waals surface area contributed by atoms with Crippen molar-refractivity contribution in [3.8, 4) is 11.9 Å². The first kappa shape index (κ1) is 26.0. The summed E-state index contributed by atoms with van der Waals surface area (Å²) >= 11 is 0. The minimum atomic E-state index is -1.12. The molecule has 5 rings (SSSR count). The summed E-state index contributed by atoms with van der Waals surface area (Å²) in [5.41, 5.74) is 1.41. The summed E-state index contributed by atoms with van der Waals surface area (Å²) in [7, 11) is 0. The van der Waals surface area contributed by atoms with Crippen LogP contribution in [0, 0.1) is 36.4 Å². The van der Waals surface area contributed by atoms with Gasteiger partial charge >= 0.3 is 0 Å². The zero-order chi connectivity index (χ0) is 27.6. The number of aryl methyl sites for hydroxylation is 2. The number of hydrogen-bond acceptors (Lipinski definition) is 8. The SMILES string of the molecule is Cc1cc(Nc2cc(C)[nH]n2)nc(C2CCC(C#N)(C(=O)N[C@@H](C)c3ccc(-n4cc(F)cn4)nc3)CC2)n1. The van der Waals surface area contributed by atoms with Gasteiger partial charge in [0, 0.05) is 35.6 Å². The highest BCUT2D eigenvalue weighted by Crippen LogP contribution is 2.42. The summed E-state index contributed by atoms with van der Waals surface area (Å²) in [5.74, 6) is 1.79. The van der Waals surface area contributed by atoms with Crippen LogP contribution in [0.3, 0.4) is 0 Å². The second kappa shape index (κ2) is 10.6. The zero-order valence-electron chi connectivity index (χ0n) is 21.9. The topological polar surface area (TPSA) is 150 Å². The third-order valence-electron chi connectivity index (χ3n) is 7.09. The highest BCUT2D eigenvalue weighted by atomic mass is 19.1. The second-order valence-corrected chi connectivity index (χ2v) is 10.0. The summed E-state index contributed by atoms with van der Waals surface area (Å²) in [6.45, 7) is 5.68. The van der Waals surface area contributed by atoms with E-state index in [2.05, 4.69) is 42.0 Å². The second-order valence-electron chi connectivity index (χ2n) is 10.0. The summed E-state index contributed by atoms with van der Waals surface area (Å²) in [6.07, 6.45) is 6.02. The van der Waals surface area contributed by atoms with Crippen LogP contribution in [0.25, 0.3) is 5.82 Å². The first-order chi connectivity index (χ1) is 18.7. The maximum atomic E-state index is 13.3. The van der Waals surface area contributed by atoms with Crippen LogP contribution in [0.2, 0.25) is 0 Å². The fourth-order valence-electron chi connectivity index (χ4n) is 4.84. The van der Waals surface area contributed by atoms with Gasteiger partial charge in [0.25, 0.3) is 0 Å². The van der Waals surface area contributed by atoms with Crippen molar-refractivity contribution >= 4 is 17.5 Å². The van der Waals surface area contributed by atoms with Crippen molar-refractivity contribution in [2.24, 2.45) is 5.41 Å². The first-order valence-electron chi connectivity index (χ1n) is 12.8. The standard InChI is InChI=1S/C27H29FN10O/c1-16-10-22(34-23-11-17(2)36-37-23)35-25(32-16)19-6-8-27(15-29,9-7-19)26(39)33-18(3)20-4-5-24(30-12-20)38-14-21(28)13-31-38/h4-5,10-14,18-19H,6-9H2,1-3H3,(H,33,39)(H2,32,34,35,36,37)/t18-,19?,27?/m0/s1. The fourth-order valence-corrected chi connectivity index (χ4v) is 4.84. The van der Waals surface area contributed by atoms with Gasteiger partial charge in [0.15, 0.2) is 17.5 Å². The molecule has 11 nitrogen and oxygen atoms in total. The number of H-pyrrole nitrogens is 1. The minimum absolute atomic E-state index is 0.0435. The van der Waals surface area contributed by atoms with Gasteiger partial charge in [-0.1, -0.05) is 6.07 Å². The van der Waals surface area contributed by atoms with Gasteiger partial charge in [0.1, 0.15) is 17.1 Å². The highest BCUT2D eigenvalue weighted by Gasteiger charge is 2.43. The van der Waals surface area contributed by atoms with E-state index in [1.807, 2.05) is 32.9 Å². The predicted molar refractivity (Wildman–Crippen MR) is 141 cm³/mol. The van der Waals surface area contributed by atoms with Crippen molar-refractivity contribution in [1.82, 2.24) is 40.2 Å². The Hall–Kier alpha value is -4.66. The number of nitriles is 1. The van der Waals surface area contributed by atoms with Crippen molar-refractivity contribution in [2.75, 3.05) is 5.32 Å². The van der Waals surface area contributed by atoms with E-state index in [0.29, 0.717) is 49.0 Å². The van der Waals surface area contributed by atoms with E-state index in [4.69, 9.17) is 4.98 Å². The molecule has 3 N–H and O–H groups in total. The number of nitrogens with zero attached hydrogens (tertiary/aromatic N) is 7. The van der Waals surface area contributed by atoms with Crippen LogP contribution in [0.4, 0.5) is 16.0 Å². The van der Waals surface area contributed by atoms with Crippen molar-refractivity contribution in [1.29, 1.82) is 5.26 Å². The third-order valence-corrected chi connectivity index (χ3v) is 7.09. The minimum Gasteiger partial charge on any atom is -0.348 e. The molecule has 200 valence electrons. The Morgan fingerprint density at radius 3 is 2.62 bits per heavy atom. The number of aromatic amines is 1. The molecule has 1 aliphatic rings.